The molecule has 2 heterocycles. The van der Waals surface area contributed by atoms with E-state index in [1.165, 1.54) is 24.1 Å². The van der Waals surface area contributed by atoms with E-state index in [4.69, 9.17) is 20.8 Å². The molecule has 1 N–H and O–H groups in total. The molecule has 0 fully saturated rings. The third-order valence-corrected chi connectivity index (χ3v) is 6.38. The number of benzene rings is 3. The van der Waals surface area contributed by atoms with Gasteiger partial charge in [-0.05, 0) is 73.0 Å². The number of aromatic hydroxyl groups is 1. The maximum absolute atomic E-state index is 13.7. The summed E-state index contributed by atoms with van der Waals surface area (Å²) in [6, 6.07) is 14.2. The minimum atomic E-state index is -0.800. The minimum absolute atomic E-state index is 0.0176. The fourth-order valence-electron chi connectivity index (χ4n) is 4.31. The molecule has 1 amide bonds. The molecule has 1 aliphatic rings. The number of hydrogen-bond donors (Lipinski definition) is 1. The van der Waals surface area contributed by atoms with E-state index in [9.17, 15) is 14.7 Å². The molecule has 3 aromatic carbocycles. The highest BCUT2D eigenvalue weighted by Crippen LogP contribution is 2.43. The van der Waals surface area contributed by atoms with Crippen LogP contribution in [0.2, 0.25) is 5.02 Å². The van der Waals surface area contributed by atoms with Crippen LogP contribution in [-0.4, -0.2) is 18.1 Å². The molecule has 166 valence electrons. The predicted octanol–water partition coefficient (Wildman–Crippen LogP) is 5.53. The number of carbonyl (C=O) groups is 1. The Morgan fingerprint density at radius 1 is 1.03 bits per heavy atom. The Kier molecular flexibility index (Phi) is 4.91. The van der Waals surface area contributed by atoms with Crippen LogP contribution in [0.15, 0.2) is 63.8 Å². The van der Waals surface area contributed by atoms with Crippen molar-refractivity contribution in [3.63, 3.8) is 0 Å². The van der Waals surface area contributed by atoms with Crippen molar-refractivity contribution in [2.45, 2.75) is 19.9 Å². The van der Waals surface area contributed by atoms with Gasteiger partial charge in [0.2, 0.25) is 5.76 Å². The summed E-state index contributed by atoms with van der Waals surface area (Å²) in [7, 11) is 1.51. The van der Waals surface area contributed by atoms with Crippen LogP contribution >= 0.6 is 11.6 Å². The van der Waals surface area contributed by atoms with Crippen molar-refractivity contribution in [3.8, 4) is 11.5 Å². The standard InChI is InChI=1S/C26H20ClNO5/c1-13-9-18-21(10-14(13)2)33-25-22(24(18)30)23(15-5-4-6-17(29)11-15)28(26(25)31)16-7-8-20(32-3)19(27)12-16/h4-12,23,29H,1-3H3. The summed E-state index contributed by atoms with van der Waals surface area (Å²) in [6.07, 6.45) is 0. The van der Waals surface area contributed by atoms with E-state index in [2.05, 4.69) is 0 Å². The largest absolute Gasteiger partial charge is 0.508 e. The van der Waals surface area contributed by atoms with Crippen molar-refractivity contribution in [2.75, 3.05) is 12.0 Å². The Morgan fingerprint density at radius 2 is 1.79 bits per heavy atom. The molecule has 1 unspecified atom stereocenters. The van der Waals surface area contributed by atoms with E-state index in [-0.39, 0.29) is 22.5 Å². The quantitative estimate of drug-likeness (QED) is 0.434. The summed E-state index contributed by atoms with van der Waals surface area (Å²) in [6.45, 7) is 3.84. The van der Waals surface area contributed by atoms with Gasteiger partial charge in [0.25, 0.3) is 5.91 Å². The number of phenols is 1. The smallest absolute Gasteiger partial charge is 0.295 e. The molecule has 0 bridgehead atoms. The lowest BCUT2D eigenvalue weighted by Crippen LogP contribution is -2.29. The van der Waals surface area contributed by atoms with Crippen molar-refractivity contribution in [1.82, 2.24) is 0 Å². The van der Waals surface area contributed by atoms with Crippen LogP contribution in [-0.2, 0) is 0 Å². The monoisotopic (exact) mass is 461 g/mol. The van der Waals surface area contributed by atoms with Crippen LogP contribution in [0.25, 0.3) is 11.0 Å². The molecule has 1 atom stereocenters. The molecule has 0 aliphatic carbocycles. The molecule has 0 spiro atoms. The Bertz CT molecular complexity index is 1510. The van der Waals surface area contributed by atoms with Crippen LogP contribution in [0.1, 0.15) is 38.9 Å². The Balaban J connectivity index is 1.82. The molecular formula is C26H20ClNO5. The fraction of sp³-hybridized carbons (Fsp3) is 0.154. The van der Waals surface area contributed by atoms with Gasteiger partial charge in [0.1, 0.15) is 17.1 Å². The molecule has 0 radical (unpaired) electrons. The highest BCUT2D eigenvalue weighted by Gasteiger charge is 2.44. The van der Waals surface area contributed by atoms with Gasteiger partial charge in [-0.25, -0.2) is 0 Å². The van der Waals surface area contributed by atoms with Gasteiger partial charge in [0.05, 0.1) is 29.1 Å². The number of ether oxygens (including phenoxy) is 1. The van der Waals surface area contributed by atoms with Crippen molar-refractivity contribution in [1.29, 1.82) is 0 Å². The molecule has 4 aromatic rings. The van der Waals surface area contributed by atoms with Gasteiger partial charge in [-0.15, -0.1) is 0 Å². The van der Waals surface area contributed by atoms with Gasteiger partial charge in [0, 0.05) is 5.69 Å². The number of fused-ring (bicyclic) bond motifs is 2. The van der Waals surface area contributed by atoms with Crippen molar-refractivity contribution in [2.24, 2.45) is 0 Å². The van der Waals surface area contributed by atoms with Crippen molar-refractivity contribution >= 4 is 34.2 Å². The average molecular weight is 462 g/mol. The van der Waals surface area contributed by atoms with Crippen LogP contribution in [0, 0.1) is 13.8 Å². The molecule has 0 saturated carbocycles. The molecule has 7 heteroatoms. The van der Waals surface area contributed by atoms with Crippen molar-refractivity contribution < 1.29 is 19.1 Å². The van der Waals surface area contributed by atoms with Crippen LogP contribution in [0.4, 0.5) is 5.69 Å². The van der Waals surface area contributed by atoms with E-state index in [1.807, 2.05) is 13.8 Å². The lowest BCUT2D eigenvalue weighted by atomic mass is 9.97. The zero-order chi connectivity index (χ0) is 23.4. The fourth-order valence-corrected chi connectivity index (χ4v) is 4.56. The predicted molar refractivity (Wildman–Crippen MR) is 127 cm³/mol. The first-order valence-electron chi connectivity index (χ1n) is 10.3. The normalized spacial score (nSPS) is 15.2. The third-order valence-electron chi connectivity index (χ3n) is 6.09. The van der Waals surface area contributed by atoms with Gasteiger partial charge in [0.15, 0.2) is 5.43 Å². The first kappa shape index (κ1) is 21.1. The number of rotatable bonds is 3. The second kappa shape index (κ2) is 7.67. The highest BCUT2D eigenvalue weighted by atomic mass is 35.5. The second-order valence-electron chi connectivity index (χ2n) is 8.10. The van der Waals surface area contributed by atoms with Gasteiger partial charge in [-0.1, -0.05) is 23.7 Å². The highest BCUT2D eigenvalue weighted by molar-refractivity contribution is 6.32. The number of carbonyl (C=O) groups excluding carboxylic acids is 1. The summed E-state index contributed by atoms with van der Waals surface area (Å²) in [5.41, 5.74) is 3.27. The first-order chi connectivity index (χ1) is 15.8. The lowest BCUT2D eigenvalue weighted by molar-refractivity contribution is 0.0971. The van der Waals surface area contributed by atoms with E-state index in [0.29, 0.717) is 33.0 Å². The molecule has 1 aromatic heterocycles. The average Bonchev–Trinajstić information content (AvgIpc) is 3.08. The molecular weight excluding hydrogens is 442 g/mol. The van der Waals surface area contributed by atoms with E-state index in [0.717, 1.165) is 11.1 Å². The number of methoxy groups -OCH3 is 1. The number of hydrogen-bond acceptors (Lipinski definition) is 5. The summed E-state index contributed by atoms with van der Waals surface area (Å²) in [5, 5.41) is 10.9. The van der Waals surface area contributed by atoms with Gasteiger partial charge in [-0.3, -0.25) is 14.5 Å². The number of aryl methyl sites for hydroxylation is 2. The number of anilines is 1. The second-order valence-corrected chi connectivity index (χ2v) is 8.51. The topological polar surface area (TPSA) is 80.0 Å². The molecule has 33 heavy (non-hydrogen) atoms. The SMILES string of the molecule is COc1ccc(N2C(=O)c3oc4cc(C)c(C)cc4c(=O)c3C2c2cccc(O)c2)cc1Cl. The Labute approximate surface area is 194 Å². The van der Waals surface area contributed by atoms with Gasteiger partial charge >= 0.3 is 0 Å². The van der Waals surface area contributed by atoms with Crippen molar-refractivity contribution in [3.05, 3.63) is 97.9 Å². The Morgan fingerprint density at radius 3 is 2.48 bits per heavy atom. The summed E-state index contributed by atoms with van der Waals surface area (Å²) in [4.78, 5) is 28.8. The summed E-state index contributed by atoms with van der Waals surface area (Å²) >= 11 is 6.35. The maximum Gasteiger partial charge on any atom is 0.295 e. The Hall–Kier alpha value is -3.77. The van der Waals surface area contributed by atoms with Crippen LogP contribution < -0.4 is 15.1 Å². The number of nitrogens with zero attached hydrogens (tertiary/aromatic N) is 1. The van der Waals surface area contributed by atoms with E-state index >= 15 is 0 Å². The third kappa shape index (κ3) is 3.26. The van der Waals surface area contributed by atoms with Crippen LogP contribution in [0.3, 0.4) is 0 Å². The number of amides is 1. The molecule has 1 aliphatic heterocycles. The number of halogens is 1. The van der Waals surface area contributed by atoms with E-state index in [1.54, 1.807) is 42.5 Å². The van der Waals surface area contributed by atoms with Crippen LogP contribution in [0.5, 0.6) is 11.5 Å². The zero-order valence-corrected chi connectivity index (χ0v) is 18.9. The van der Waals surface area contributed by atoms with E-state index < -0.39 is 11.9 Å². The summed E-state index contributed by atoms with van der Waals surface area (Å²) in [5.74, 6) is 0.00923. The van der Waals surface area contributed by atoms with Gasteiger partial charge < -0.3 is 14.3 Å². The summed E-state index contributed by atoms with van der Waals surface area (Å²) < 4.78 is 11.3. The molecule has 6 nitrogen and oxygen atoms in total. The number of phenolic OH excluding ortho intramolecular Hbond substituents is 1. The zero-order valence-electron chi connectivity index (χ0n) is 18.2. The van der Waals surface area contributed by atoms with Gasteiger partial charge in [-0.2, -0.15) is 0 Å². The lowest BCUT2D eigenvalue weighted by Gasteiger charge is -2.25. The minimum Gasteiger partial charge on any atom is -0.508 e. The molecule has 5 rings (SSSR count). The first-order valence-corrected chi connectivity index (χ1v) is 10.7. The molecule has 0 saturated heterocycles. The maximum atomic E-state index is 13.7.